The molecule has 90 valence electrons. The van der Waals surface area contributed by atoms with Crippen LogP contribution in [0.3, 0.4) is 0 Å². The summed E-state index contributed by atoms with van der Waals surface area (Å²) in [5.41, 5.74) is 7.30. The molecule has 1 fully saturated rings. The number of aromatic nitrogens is 1. The largest absolute Gasteiger partial charge is 0.330 e. The van der Waals surface area contributed by atoms with Gasteiger partial charge in [-0.2, -0.15) is 0 Å². The molecule has 0 bridgehead atoms. The molecule has 3 rings (SSSR count). The summed E-state index contributed by atoms with van der Waals surface area (Å²) in [5, 5.41) is 5.41. The smallest absolute Gasteiger partial charge is 0.133 e. The van der Waals surface area contributed by atoms with E-state index in [-0.39, 0.29) is 5.41 Å². The van der Waals surface area contributed by atoms with E-state index in [0.29, 0.717) is 0 Å². The molecule has 0 spiro atoms. The van der Waals surface area contributed by atoms with Gasteiger partial charge >= 0.3 is 0 Å². The van der Waals surface area contributed by atoms with E-state index in [0.717, 1.165) is 16.0 Å². The molecule has 2 heterocycles. The lowest BCUT2D eigenvalue weighted by Gasteiger charge is -2.39. The third-order valence-electron chi connectivity index (χ3n) is 3.53. The fourth-order valence-electron chi connectivity index (χ4n) is 2.22. The van der Waals surface area contributed by atoms with E-state index in [9.17, 15) is 0 Å². The van der Waals surface area contributed by atoms with Crippen molar-refractivity contribution in [1.29, 1.82) is 0 Å². The molecule has 0 aromatic carbocycles. The molecule has 0 saturated heterocycles. The zero-order valence-electron chi connectivity index (χ0n) is 9.28. The minimum atomic E-state index is 0.184. The van der Waals surface area contributed by atoms with Gasteiger partial charge in [-0.25, -0.2) is 4.98 Å². The Balaban J connectivity index is 1.92. The first kappa shape index (κ1) is 11.8. The van der Waals surface area contributed by atoms with Crippen LogP contribution in [0.5, 0.6) is 0 Å². The Morgan fingerprint density at radius 2 is 2.18 bits per heavy atom. The first-order chi connectivity index (χ1) is 8.23. The standard InChI is InChI=1S/C12H13BrN2S2/c13-8-4-9(16-5-8)11-15-10(6-17-11)12(7-14)2-1-3-12/h4-6H,1-3,7,14H2. The molecule has 0 aliphatic heterocycles. The van der Waals surface area contributed by atoms with Gasteiger partial charge < -0.3 is 5.73 Å². The molecule has 1 saturated carbocycles. The van der Waals surface area contributed by atoms with E-state index < -0.39 is 0 Å². The SMILES string of the molecule is NCC1(c2csc(-c3cc(Br)cs3)n2)CCC1. The third-order valence-corrected chi connectivity index (χ3v) is 6.23. The summed E-state index contributed by atoms with van der Waals surface area (Å²) >= 11 is 6.94. The number of hydrogen-bond donors (Lipinski definition) is 1. The van der Waals surface area contributed by atoms with Crippen LogP contribution in [-0.4, -0.2) is 11.5 Å². The van der Waals surface area contributed by atoms with Gasteiger partial charge in [-0.1, -0.05) is 6.42 Å². The molecule has 2 N–H and O–H groups in total. The summed E-state index contributed by atoms with van der Waals surface area (Å²) in [4.78, 5) is 6.02. The van der Waals surface area contributed by atoms with Crippen molar-refractivity contribution >= 4 is 38.6 Å². The van der Waals surface area contributed by atoms with Gasteiger partial charge in [0.15, 0.2) is 0 Å². The average Bonchev–Trinajstić information content (AvgIpc) is 2.86. The van der Waals surface area contributed by atoms with E-state index in [1.165, 1.54) is 29.8 Å². The van der Waals surface area contributed by atoms with Crippen LogP contribution in [0.25, 0.3) is 9.88 Å². The van der Waals surface area contributed by atoms with E-state index in [1.54, 1.807) is 22.7 Å². The topological polar surface area (TPSA) is 38.9 Å². The van der Waals surface area contributed by atoms with Crippen LogP contribution in [0.2, 0.25) is 0 Å². The van der Waals surface area contributed by atoms with Gasteiger partial charge in [-0.15, -0.1) is 22.7 Å². The number of hydrogen-bond acceptors (Lipinski definition) is 4. The predicted molar refractivity (Wildman–Crippen MR) is 77.7 cm³/mol. The fourth-order valence-corrected chi connectivity index (χ4v) is 4.67. The summed E-state index contributed by atoms with van der Waals surface area (Å²) in [6.45, 7) is 0.726. The van der Waals surface area contributed by atoms with Crippen molar-refractivity contribution in [3.63, 3.8) is 0 Å². The van der Waals surface area contributed by atoms with Gasteiger partial charge in [-0.05, 0) is 34.8 Å². The van der Waals surface area contributed by atoms with Crippen LogP contribution in [0.1, 0.15) is 25.0 Å². The highest BCUT2D eigenvalue weighted by Gasteiger charge is 2.39. The Labute approximate surface area is 117 Å². The minimum absolute atomic E-state index is 0.184. The van der Waals surface area contributed by atoms with Crippen molar-refractivity contribution in [3.05, 3.63) is 27.0 Å². The van der Waals surface area contributed by atoms with Crippen molar-refractivity contribution in [2.24, 2.45) is 5.73 Å². The third kappa shape index (κ3) is 1.99. The highest BCUT2D eigenvalue weighted by atomic mass is 79.9. The molecule has 0 atom stereocenters. The molecule has 2 aromatic heterocycles. The van der Waals surface area contributed by atoms with Gasteiger partial charge in [0.1, 0.15) is 5.01 Å². The quantitative estimate of drug-likeness (QED) is 0.924. The highest BCUT2D eigenvalue weighted by molar-refractivity contribution is 9.10. The number of nitrogens with two attached hydrogens (primary N) is 1. The van der Waals surface area contributed by atoms with Crippen molar-refractivity contribution < 1.29 is 0 Å². The lowest BCUT2D eigenvalue weighted by atomic mass is 9.67. The highest BCUT2D eigenvalue weighted by Crippen LogP contribution is 2.44. The van der Waals surface area contributed by atoms with Crippen LogP contribution >= 0.6 is 38.6 Å². The van der Waals surface area contributed by atoms with Crippen molar-refractivity contribution in [2.75, 3.05) is 6.54 Å². The van der Waals surface area contributed by atoms with Gasteiger partial charge in [-0.3, -0.25) is 0 Å². The van der Waals surface area contributed by atoms with E-state index in [4.69, 9.17) is 10.7 Å². The first-order valence-electron chi connectivity index (χ1n) is 5.64. The number of nitrogens with zero attached hydrogens (tertiary/aromatic N) is 1. The molecule has 2 nitrogen and oxygen atoms in total. The molecule has 5 heteroatoms. The molecule has 0 radical (unpaired) electrons. The molecule has 0 unspecified atom stereocenters. The van der Waals surface area contributed by atoms with Gasteiger partial charge in [0.2, 0.25) is 0 Å². The zero-order chi connectivity index (χ0) is 11.9. The predicted octanol–water partition coefficient (Wildman–Crippen LogP) is 4.01. The first-order valence-corrected chi connectivity index (χ1v) is 8.19. The van der Waals surface area contributed by atoms with Crippen LogP contribution in [0, 0.1) is 0 Å². The second-order valence-corrected chi connectivity index (χ2v) is 7.19. The van der Waals surface area contributed by atoms with Crippen LogP contribution in [-0.2, 0) is 5.41 Å². The number of thiazole rings is 1. The van der Waals surface area contributed by atoms with Crippen molar-refractivity contribution in [2.45, 2.75) is 24.7 Å². The lowest BCUT2D eigenvalue weighted by molar-refractivity contribution is 0.247. The van der Waals surface area contributed by atoms with Gasteiger partial charge in [0, 0.05) is 27.2 Å². The summed E-state index contributed by atoms with van der Waals surface area (Å²) in [7, 11) is 0. The zero-order valence-corrected chi connectivity index (χ0v) is 12.5. The van der Waals surface area contributed by atoms with Crippen molar-refractivity contribution in [1.82, 2.24) is 4.98 Å². The normalized spacial score (nSPS) is 18.0. The molecular weight excluding hydrogens is 316 g/mol. The van der Waals surface area contributed by atoms with Crippen LogP contribution in [0.15, 0.2) is 21.3 Å². The molecule has 0 amide bonds. The van der Waals surface area contributed by atoms with Gasteiger partial charge in [0.05, 0.1) is 10.6 Å². The maximum Gasteiger partial charge on any atom is 0.133 e. The molecule has 17 heavy (non-hydrogen) atoms. The van der Waals surface area contributed by atoms with E-state index in [2.05, 4.69) is 32.8 Å². The Hall–Kier alpha value is -0.230. The summed E-state index contributed by atoms with van der Waals surface area (Å²) < 4.78 is 1.13. The number of thiophene rings is 1. The van der Waals surface area contributed by atoms with Crippen LogP contribution in [0.4, 0.5) is 0 Å². The van der Waals surface area contributed by atoms with E-state index >= 15 is 0 Å². The summed E-state index contributed by atoms with van der Waals surface area (Å²) in [6, 6.07) is 2.13. The Kier molecular flexibility index (Phi) is 3.11. The second-order valence-electron chi connectivity index (χ2n) is 4.51. The molecule has 1 aliphatic carbocycles. The van der Waals surface area contributed by atoms with Crippen molar-refractivity contribution in [3.8, 4) is 9.88 Å². The Bertz CT molecular complexity index is 523. The van der Waals surface area contributed by atoms with Crippen LogP contribution < -0.4 is 5.73 Å². The monoisotopic (exact) mass is 328 g/mol. The average molecular weight is 329 g/mol. The second kappa shape index (κ2) is 4.46. The van der Waals surface area contributed by atoms with Gasteiger partial charge in [0.25, 0.3) is 0 Å². The maximum atomic E-state index is 5.91. The fraction of sp³-hybridized carbons (Fsp3) is 0.417. The summed E-state index contributed by atoms with van der Waals surface area (Å²) in [6.07, 6.45) is 3.68. The minimum Gasteiger partial charge on any atom is -0.330 e. The summed E-state index contributed by atoms with van der Waals surface area (Å²) in [5.74, 6) is 0. The molecule has 1 aliphatic rings. The molecular formula is C12H13BrN2S2. The number of halogens is 1. The Morgan fingerprint density at radius 1 is 1.35 bits per heavy atom. The maximum absolute atomic E-state index is 5.91. The lowest BCUT2D eigenvalue weighted by Crippen LogP contribution is -2.41. The molecule has 2 aromatic rings. The number of rotatable bonds is 3. The Morgan fingerprint density at radius 3 is 2.71 bits per heavy atom. The van der Waals surface area contributed by atoms with E-state index in [1.807, 2.05) is 0 Å².